The lowest BCUT2D eigenvalue weighted by Gasteiger charge is -2.33. The Bertz CT molecular complexity index is 554. The van der Waals surface area contributed by atoms with Gasteiger partial charge < -0.3 is 5.32 Å². The van der Waals surface area contributed by atoms with E-state index in [9.17, 15) is 8.42 Å². The van der Waals surface area contributed by atoms with Crippen molar-refractivity contribution < 1.29 is 8.42 Å². The monoisotopic (exact) mass is 346 g/mol. The molecule has 1 aliphatic carbocycles. The molecule has 0 aliphatic heterocycles. The molecule has 1 fully saturated rings. The zero-order valence-electron chi connectivity index (χ0n) is 11.1. The number of hydrogen-bond donors (Lipinski definition) is 2. The molecule has 0 atom stereocenters. The van der Waals surface area contributed by atoms with E-state index in [1.165, 1.54) is 0 Å². The minimum absolute atomic E-state index is 0.0869. The van der Waals surface area contributed by atoms with Crippen LogP contribution in [0.3, 0.4) is 0 Å². The van der Waals surface area contributed by atoms with Crippen LogP contribution in [0.4, 0.5) is 0 Å². The Balaban J connectivity index is 2.15. The van der Waals surface area contributed by atoms with Gasteiger partial charge in [0.05, 0.1) is 4.90 Å². The molecule has 0 amide bonds. The SMILES string of the molecule is CNCc1ccc(S(=O)(=O)NC2CC(C)C2)c(Br)c1. The molecule has 19 heavy (non-hydrogen) atoms. The quantitative estimate of drug-likeness (QED) is 0.859. The van der Waals surface area contributed by atoms with Crippen molar-refractivity contribution in [1.29, 1.82) is 0 Å². The van der Waals surface area contributed by atoms with Crippen molar-refractivity contribution in [2.24, 2.45) is 5.92 Å². The van der Waals surface area contributed by atoms with Gasteiger partial charge in [-0.1, -0.05) is 13.0 Å². The van der Waals surface area contributed by atoms with Crippen LogP contribution in [0.15, 0.2) is 27.6 Å². The average molecular weight is 347 g/mol. The lowest BCUT2D eigenvalue weighted by Crippen LogP contribution is -2.43. The molecule has 4 nitrogen and oxygen atoms in total. The maximum Gasteiger partial charge on any atom is 0.241 e. The standard InChI is InChI=1S/C13H19BrN2O2S/c1-9-5-11(6-9)16-19(17,18)13-4-3-10(8-15-2)7-12(13)14/h3-4,7,9,11,15-16H,5-6,8H2,1-2H3. The lowest BCUT2D eigenvalue weighted by atomic mass is 9.83. The van der Waals surface area contributed by atoms with Crippen LogP contribution in [-0.2, 0) is 16.6 Å². The van der Waals surface area contributed by atoms with E-state index in [1.807, 2.05) is 19.2 Å². The number of benzene rings is 1. The average Bonchev–Trinajstić information content (AvgIpc) is 2.26. The summed E-state index contributed by atoms with van der Waals surface area (Å²) in [6.07, 6.45) is 1.85. The molecule has 1 aromatic carbocycles. The summed E-state index contributed by atoms with van der Waals surface area (Å²) < 4.78 is 27.9. The Morgan fingerprint density at radius 1 is 1.37 bits per heavy atom. The molecule has 0 heterocycles. The van der Waals surface area contributed by atoms with Crippen molar-refractivity contribution in [3.63, 3.8) is 0 Å². The minimum atomic E-state index is -3.42. The normalized spacial score (nSPS) is 23.1. The molecule has 1 aliphatic rings. The van der Waals surface area contributed by atoms with Gasteiger partial charge >= 0.3 is 0 Å². The molecule has 0 saturated heterocycles. The zero-order valence-corrected chi connectivity index (χ0v) is 13.5. The van der Waals surface area contributed by atoms with Crippen LogP contribution in [0.5, 0.6) is 0 Å². The Labute approximate surface area is 123 Å². The molecule has 6 heteroatoms. The number of rotatable bonds is 5. The minimum Gasteiger partial charge on any atom is -0.316 e. The van der Waals surface area contributed by atoms with E-state index in [1.54, 1.807) is 6.07 Å². The van der Waals surface area contributed by atoms with E-state index in [2.05, 4.69) is 32.9 Å². The van der Waals surface area contributed by atoms with E-state index in [4.69, 9.17) is 0 Å². The van der Waals surface area contributed by atoms with Gasteiger partial charge in [-0.15, -0.1) is 0 Å². The van der Waals surface area contributed by atoms with Crippen LogP contribution < -0.4 is 10.0 Å². The molecule has 0 bridgehead atoms. The van der Waals surface area contributed by atoms with Gasteiger partial charge in [0.15, 0.2) is 0 Å². The third kappa shape index (κ3) is 3.56. The first kappa shape index (κ1) is 15.0. The first-order valence-corrected chi connectivity index (χ1v) is 8.65. The maximum absolute atomic E-state index is 12.3. The predicted octanol–water partition coefficient (Wildman–Crippen LogP) is 2.25. The highest BCUT2D eigenvalue weighted by molar-refractivity contribution is 9.10. The van der Waals surface area contributed by atoms with Gasteiger partial charge in [0, 0.05) is 17.1 Å². The largest absolute Gasteiger partial charge is 0.316 e. The van der Waals surface area contributed by atoms with Crippen LogP contribution in [0.2, 0.25) is 0 Å². The summed E-state index contributed by atoms with van der Waals surface area (Å²) >= 11 is 3.35. The van der Waals surface area contributed by atoms with Gasteiger partial charge in [-0.05, 0) is 59.4 Å². The summed E-state index contributed by atoms with van der Waals surface area (Å²) in [6.45, 7) is 2.85. The summed E-state index contributed by atoms with van der Waals surface area (Å²) in [4.78, 5) is 0.312. The van der Waals surface area contributed by atoms with Gasteiger partial charge in [0.25, 0.3) is 0 Å². The van der Waals surface area contributed by atoms with E-state index in [0.29, 0.717) is 21.8 Å². The van der Waals surface area contributed by atoms with Crippen LogP contribution in [0.25, 0.3) is 0 Å². The second-order valence-electron chi connectivity index (χ2n) is 5.19. The Morgan fingerprint density at radius 3 is 2.58 bits per heavy atom. The molecule has 0 radical (unpaired) electrons. The molecule has 1 saturated carbocycles. The van der Waals surface area contributed by atoms with Crippen molar-refractivity contribution in [1.82, 2.24) is 10.0 Å². The fourth-order valence-corrected chi connectivity index (χ4v) is 4.74. The molecule has 1 aromatic rings. The van der Waals surface area contributed by atoms with Crippen molar-refractivity contribution in [2.45, 2.75) is 37.2 Å². The lowest BCUT2D eigenvalue weighted by molar-refractivity contribution is 0.270. The molecule has 2 N–H and O–H groups in total. The van der Waals surface area contributed by atoms with Crippen LogP contribution in [-0.4, -0.2) is 21.5 Å². The first-order chi connectivity index (χ1) is 8.92. The van der Waals surface area contributed by atoms with Crippen LogP contribution in [0, 0.1) is 5.92 Å². The van der Waals surface area contributed by atoms with E-state index < -0.39 is 10.0 Å². The highest BCUT2D eigenvalue weighted by atomic mass is 79.9. The zero-order chi connectivity index (χ0) is 14.0. The van der Waals surface area contributed by atoms with Crippen molar-refractivity contribution in [3.05, 3.63) is 28.2 Å². The maximum atomic E-state index is 12.3. The number of hydrogen-bond acceptors (Lipinski definition) is 3. The van der Waals surface area contributed by atoms with Crippen LogP contribution >= 0.6 is 15.9 Å². The topological polar surface area (TPSA) is 58.2 Å². The Morgan fingerprint density at radius 2 is 2.05 bits per heavy atom. The molecular weight excluding hydrogens is 328 g/mol. The second kappa shape index (κ2) is 5.91. The summed E-state index contributed by atoms with van der Waals surface area (Å²) in [5.41, 5.74) is 1.05. The van der Waals surface area contributed by atoms with Crippen molar-refractivity contribution >= 4 is 26.0 Å². The Hall–Kier alpha value is -0.430. The van der Waals surface area contributed by atoms with E-state index >= 15 is 0 Å². The molecule has 106 valence electrons. The summed E-state index contributed by atoms with van der Waals surface area (Å²) in [6, 6.07) is 5.42. The number of halogens is 1. The second-order valence-corrected chi connectivity index (χ2v) is 7.73. The molecule has 0 aromatic heterocycles. The summed E-state index contributed by atoms with van der Waals surface area (Å²) in [5, 5.41) is 3.04. The van der Waals surface area contributed by atoms with Gasteiger partial charge in [-0.2, -0.15) is 0 Å². The fourth-order valence-electron chi connectivity index (χ4n) is 2.36. The van der Waals surface area contributed by atoms with E-state index in [0.717, 1.165) is 18.4 Å². The first-order valence-electron chi connectivity index (χ1n) is 6.37. The van der Waals surface area contributed by atoms with Gasteiger partial charge in [-0.3, -0.25) is 0 Å². The number of sulfonamides is 1. The molecule has 0 unspecified atom stereocenters. The van der Waals surface area contributed by atoms with Gasteiger partial charge in [0.2, 0.25) is 10.0 Å². The molecule has 2 rings (SSSR count). The predicted molar refractivity (Wildman–Crippen MR) is 79.4 cm³/mol. The van der Waals surface area contributed by atoms with Crippen molar-refractivity contribution in [2.75, 3.05) is 7.05 Å². The third-order valence-electron chi connectivity index (χ3n) is 3.36. The summed E-state index contributed by atoms with van der Waals surface area (Å²) in [7, 11) is -1.56. The highest BCUT2D eigenvalue weighted by Crippen LogP contribution is 2.29. The Kier molecular flexibility index (Phi) is 4.66. The summed E-state index contributed by atoms with van der Waals surface area (Å²) in [5.74, 6) is 0.620. The van der Waals surface area contributed by atoms with Crippen LogP contribution in [0.1, 0.15) is 25.3 Å². The number of nitrogens with one attached hydrogen (secondary N) is 2. The third-order valence-corrected chi connectivity index (χ3v) is 5.86. The van der Waals surface area contributed by atoms with Crippen molar-refractivity contribution in [3.8, 4) is 0 Å². The highest BCUT2D eigenvalue weighted by Gasteiger charge is 2.30. The fraction of sp³-hybridized carbons (Fsp3) is 0.538. The molecular formula is C13H19BrN2O2S. The van der Waals surface area contributed by atoms with E-state index in [-0.39, 0.29) is 6.04 Å². The molecule has 0 spiro atoms. The van der Waals surface area contributed by atoms with Gasteiger partial charge in [-0.25, -0.2) is 13.1 Å². The van der Waals surface area contributed by atoms with Gasteiger partial charge in [0.1, 0.15) is 0 Å². The smallest absolute Gasteiger partial charge is 0.241 e.